The normalized spacial score (nSPS) is 13.1. The molecule has 0 saturated heterocycles. The first-order valence-corrected chi connectivity index (χ1v) is 22.8. The van der Waals surface area contributed by atoms with Gasteiger partial charge >= 0.3 is 0 Å². The van der Waals surface area contributed by atoms with Crippen molar-refractivity contribution in [2.24, 2.45) is 0 Å². The summed E-state index contributed by atoms with van der Waals surface area (Å²) in [5.74, 6) is 2.43. The lowest BCUT2D eigenvalue weighted by Crippen LogP contribution is -2.43. The maximum absolute atomic E-state index is 6.36. The van der Waals surface area contributed by atoms with Crippen molar-refractivity contribution in [3.05, 3.63) is 0 Å². The van der Waals surface area contributed by atoms with E-state index in [1.165, 1.54) is 62.1 Å². The van der Waals surface area contributed by atoms with Crippen molar-refractivity contribution < 1.29 is 18.9 Å². The molecule has 0 N–H and O–H groups in total. The Morgan fingerprint density at radius 1 is 0.486 bits per heavy atom. The van der Waals surface area contributed by atoms with Gasteiger partial charge in [-0.25, -0.2) is 0 Å². The molecule has 4 nitrogen and oxygen atoms in total. The Morgan fingerprint density at radius 2 is 0.838 bits per heavy atom. The molecule has 0 aliphatic carbocycles. The lowest BCUT2D eigenvalue weighted by molar-refractivity contribution is -0.186. The van der Waals surface area contributed by atoms with Crippen LogP contribution in [0.5, 0.6) is 0 Å². The molecule has 0 atom stereocenters. The number of hydrogen-bond donors (Lipinski definition) is 0. The van der Waals surface area contributed by atoms with Crippen molar-refractivity contribution in [2.45, 2.75) is 142 Å². The maximum Gasteiger partial charge on any atom is 0.144 e. The van der Waals surface area contributed by atoms with Gasteiger partial charge in [-0.05, 0) is 74.0 Å². The number of ether oxygens (including phenoxy) is 4. The van der Waals surface area contributed by atoms with E-state index in [-0.39, 0.29) is 29.9 Å². The smallest absolute Gasteiger partial charge is 0.144 e. The summed E-state index contributed by atoms with van der Waals surface area (Å²) >= 11 is 0. The Balaban J connectivity index is 4.22. The number of rotatable bonds is 30. The first kappa shape index (κ1) is 38.3. The highest BCUT2D eigenvalue weighted by Gasteiger charge is 2.31. The van der Waals surface area contributed by atoms with Crippen LogP contribution in [0.1, 0.15) is 119 Å². The van der Waals surface area contributed by atoms with Crippen LogP contribution in [-0.2, 0) is 18.9 Å². The molecular weight excluding hydrogens is 553 g/mol. The van der Waals surface area contributed by atoms with E-state index >= 15 is 0 Å². The minimum atomic E-state index is -0.380. The van der Waals surface area contributed by atoms with Gasteiger partial charge in [-0.3, -0.25) is 0 Å². The fourth-order valence-corrected chi connectivity index (χ4v) is 12.1. The molecular formula is C28H62O4S3Si2. The number of hydrogen-bond acceptors (Lipinski definition) is 7. The molecule has 37 heavy (non-hydrogen) atoms. The molecule has 0 aromatic heterocycles. The summed E-state index contributed by atoms with van der Waals surface area (Å²) in [4.78, 5) is 0. The van der Waals surface area contributed by atoms with E-state index in [9.17, 15) is 0 Å². The van der Waals surface area contributed by atoms with Crippen molar-refractivity contribution in [2.75, 3.05) is 37.9 Å². The topological polar surface area (TPSA) is 36.9 Å². The molecule has 0 aliphatic heterocycles. The summed E-state index contributed by atoms with van der Waals surface area (Å²) in [6.07, 6.45) is 13.9. The Bertz CT molecular complexity index is 395. The maximum atomic E-state index is 6.36. The summed E-state index contributed by atoms with van der Waals surface area (Å²) in [5.41, 5.74) is -0.434. The van der Waals surface area contributed by atoms with Crippen molar-refractivity contribution in [1.29, 1.82) is 0 Å². The minimum absolute atomic E-state index is 0.217. The molecule has 0 aromatic rings. The third kappa shape index (κ3) is 20.8. The van der Waals surface area contributed by atoms with Gasteiger partial charge in [0, 0.05) is 37.9 Å². The first-order chi connectivity index (χ1) is 18.1. The fourth-order valence-electron chi connectivity index (χ4n) is 4.17. The fraction of sp³-hybridized carbons (Fsp3) is 1.00. The van der Waals surface area contributed by atoms with Gasteiger partial charge in [0.1, 0.15) is 10.8 Å². The summed E-state index contributed by atoms with van der Waals surface area (Å²) < 4.78 is 25.4. The predicted molar refractivity (Wildman–Crippen MR) is 178 cm³/mol. The van der Waals surface area contributed by atoms with Crippen LogP contribution >= 0.6 is 31.4 Å². The molecule has 0 aliphatic rings. The van der Waals surface area contributed by atoms with Gasteiger partial charge in [-0.1, -0.05) is 88.1 Å². The second-order valence-corrected chi connectivity index (χ2v) is 19.1. The van der Waals surface area contributed by atoms with Crippen LogP contribution in [0.3, 0.4) is 0 Å². The van der Waals surface area contributed by atoms with E-state index in [0.29, 0.717) is 0 Å². The highest BCUT2D eigenvalue weighted by Crippen LogP contribution is 2.36. The van der Waals surface area contributed by atoms with Gasteiger partial charge in [-0.2, -0.15) is 0 Å². The van der Waals surface area contributed by atoms with Gasteiger partial charge in [0.2, 0.25) is 0 Å². The summed E-state index contributed by atoms with van der Waals surface area (Å²) in [5, 5.41) is 0. The van der Waals surface area contributed by atoms with Crippen LogP contribution < -0.4 is 0 Å². The third-order valence-electron chi connectivity index (χ3n) is 6.27. The average molecular weight is 615 g/mol. The van der Waals surface area contributed by atoms with Crippen LogP contribution in [0.4, 0.5) is 0 Å². The van der Waals surface area contributed by atoms with Gasteiger partial charge in [0.15, 0.2) is 0 Å². The Kier molecular flexibility index (Phi) is 28.5. The molecule has 0 bridgehead atoms. The zero-order valence-corrected chi connectivity index (χ0v) is 30.7. The van der Waals surface area contributed by atoms with E-state index in [4.69, 9.17) is 18.9 Å². The van der Waals surface area contributed by atoms with Crippen molar-refractivity contribution >= 4 is 50.5 Å². The zero-order chi connectivity index (χ0) is 27.5. The lowest BCUT2D eigenvalue weighted by atomic mass is 10.2. The lowest BCUT2D eigenvalue weighted by Gasteiger charge is -2.34. The van der Waals surface area contributed by atoms with Crippen LogP contribution in [0.15, 0.2) is 0 Å². The zero-order valence-electron chi connectivity index (χ0n) is 25.4. The average Bonchev–Trinajstić information content (AvgIpc) is 2.92. The quantitative estimate of drug-likeness (QED) is 0.0348. The SMILES string of the molecule is CCCOC(CCCCSSSCCCCC(OCCC)(OCCC)[SiH2]CCC)(OCCC)[SiH2]CCC. The highest BCUT2D eigenvalue weighted by atomic mass is 33.5. The first-order valence-electron chi connectivity index (χ1n) is 15.5. The van der Waals surface area contributed by atoms with Crippen LogP contribution in [0, 0.1) is 0 Å². The molecule has 0 heterocycles. The van der Waals surface area contributed by atoms with Crippen molar-refractivity contribution in [3.8, 4) is 0 Å². The second-order valence-electron chi connectivity index (χ2n) is 10.0. The van der Waals surface area contributed by atoms with E-state index in [0.717, 1.165) is 65.0 Å². The molecule has 0 aromatic carbocycles. The highest BCUT2D eigenvalue weighted by molar-refractivity contribution is 9.09. The van der Waals surface area contributed by atoms with E-state index in [1.54, 1.807) is 0 Å². The van der Waals surface area contributed by atoms with Crippen LogP contribution in [-0.4, -0.2) is 67.8 Å². The molecule has 0 fully saturated rings. The van der Waals surface area contributed by atoms with Gasteiger partial charge < -0.3 is 18.9 Å². The molecule has 0 saturated carbocycles. The molecule has 224 valence electrons. The predicted octanol–water partition coefficient (Wildman–Crippen LogP) is 8.36. The molecule has 0 spiro atoms. The van der Waals surface area contributed by atoms with Crippen LogP contribution in [0.25, 0.3) is 0 Å². The molecule has 9 heteroatoms. The van der Waals surface area contributed by atoms with Crippen LogP contribution in [0.2, 0.25) is 12.1 Å². The van der Waals surface area contributed by atoms with Gasteiger partial charge in [0.25, 0.3) is 0 Å². The second kappa shape index (κ2) is 27.5. The van der Waals surface area contributed by atoms with Crippen molar-refractivity contribution in [1.82, 2.24) is 0 Å². The molecule has 0 unspecified atom stereocenters. The molecule has 0 radical (unpaired) electrons. The summed E-state index contributed by atoms with van der Waals surface area (Å²) in [7, 11) is 5.26. The Hall–Kier alpha value is 1.32. The van der Waals surface area contributed by atoms with E-state index in [2.05, 4.69) is 41.5 Å². The summed E-state index contributed by atoms with van der Waals surface area (Å²) in [6.45, 7) is 16.7. The number of unbranched alkanes of at least 4 members (excludes halogenated alkanes) is 2. The van der Waals surface area contributed by atoms with E-state index in [1.807, 2.05) is 31.4 Å². The largest absolute Gasteiger partial charge is 0.354 e. The Morgan fingerprint density at radius 3 is 1.14 bits per heavy atom. The molecule has 0 amide bonds. The van der Waals surface area contributed by atoms with Gasteiger partial charge in [0.05, 0.1) is 19.0 Å². The Labute approximate surface area is 247 Å². The third-order valence-corrected chi connectivity index (χ3v) is 15.8. The van der Waals surface area contributed by atoms with E-state index < -0.39 is 0 Å². The van der Waals surface area contributed by atoms with Gasteiger partial charge in [-0.15, -0.1) is 0 Å². The van der Waals surface area contributed by atoms with Crippen molar-refractivity contribution in [3.63, 3.8) is 0 Å². The molecule has 0 rings (SSSR count). The summed E-state index contributed by atoms with van der Waals surface area (Å²) in [6, 6.07) is 2.62. The standard InChI is InChI=1S/C28H62O4S3Si2/c1-7-19-29-27(30-20-8-2,36-25-11-5)17-13-15-23-33-35-34-24-16-14-18-28(31-21-9-3,32-22-10-4)37-26-12-6/h7-26,36-37H2,1-6H3. The monoisotopic (exact) mass is 614 g/mol. The minimum Gasteiger partial charge on any atom is -0.354 e.